The third kappa shape index (κ3) is 4.78. The highest BCUT2D eigenvalue weighted by Gasteiger charge is 2.22. The van der Waals surface area contributed by atoms with Crippen molar-refractivity contribution in [2.75, 3.05) is 0 Å². The van der Waals surface area contributed by atoms with Gasteiger partial charge < -0.3 is 15.4 Å². The van der Waals surface area contributed by atoms with Gasteiger partial charge in [0.1, 0.15) is 0 Å². The normalized spacial score (nSPS) is 16.3. The van der Waals surface area contributed by atoms with Crippen molar-refractivity contribution in [2.45, 2.75) is 57.4 Å². The van der Waals surface area contributed by atoms with Crippen LogP contribution in [0.3, 0.4) is 0 Å². The number of carboxylic acid groups (broad SMARTS) is 1. The highest BCUT2D eigenvalue weighted by Crippen LogP contribution is 2.28. The van der Waals surface area contributed by atoms with Crippen molar-refractivity contribution in [1.82, 2.24) is 14.9 Å². The Morgan fingerprint density at radius 2 is 2.04 bits per heavy atom. The molecule has 1 heterocycles. The molecule has 1 aromatic heterocycles. The van der Waals surface area contributed by atoms with Gasteiger partial charge in [0.15, 0.2) is 0 Å². The molecule has 7 nitrogen and oxygen atoms in total. The van der Waals surface area contributed by atoms with Crippen LogP contribution >= 0.6 is 0 Å². The van der Waals surface area contributed by atoms with Crippen molar-refractivity contribution >= 4 is 22.9 Å². The summed E-state index contributed by atoms with van der Waals surface area (Å²) in [7, 11) is 1.65. The number of nitrogens with zero attached hydrogens (tertiary/aromatic N) is 1. The van der Waals surface area contributed by atoms with Crippen LogP contribution in [0.15, 0.2) is 23.0 Å². The number of aliphatic carboxylic acids is 1. The SMILES string of the molecule is Cn1c(=O)[nH]c2ccc(C(=O)NC(CCC(=O)O)CC3CCCCC3)cc21. The van der Waals surface area contributed by atoms with Gasteiger partial charge in [-0.15, -0.1) is 0 Å². The number of nitrogens with one attached hydrogen (secondary N) is 2. The van der Waals surface area contributed by atoms with Gasteiger partial charge in [0.2, 0.25) is 0 Å². The number of H-pyrrole nitrogens is 1. The largest absolute Gasteiger partial charge is 0.481 e. The predicted octanol–water partition coefficient (Wildman–Crippen LogP) is 2.80. The second-order valence-electron chi connectivity index (χ2n) is 7.56. The number of imidazole rings is 1. The first-order chi connectivity index (χ1) is 12.9. The maximum atomic E-state index is 12.7. The first-order valence-electron chi connectivity index (χ1n) is 9.65. The van der Waals surface area contributed by atoms with E-state index in [1.54, 1.807) is 25.2 Å². The molecular formula is C20H27N3O4. The minimum absolute atomic E-state index is 0.0447. The van der Waals surface area contributed by atoms with E-state index in [2.05, 4.69) is 10.3 Å². The molecule has 3 rings (SSSR count). The number of fused-ring (bicyclic) bond motifs is 1. The summed E-state index contributed by atoms with van der Waals surface area (Å²) >= 11 is 0. The summed E-state index contributed by atoms with van der Waals surface area (Å²) in [6.45, 7) is 0. The van der Waals surface area contributed by atoms with Crippen LogP contribution in [0.2, 0.25) is 0 Å². The van der Waals surface area contributed by atoms with E-state index in [1.165, 1.54) is 23.8 Å². The van der Waals surface area contributed by atoms with Gasteiger partial charge in [0, 0.05) is 25.1 Å². The summed E-state index contributed by atoms with van der Waals surface area (Å²) in [5, 5.41) is 12.0. The fraction of sp³-hybridized carbons (Fsp3) is 0.550. The van der Waals surface area contributed by atoms with Crippen LogP contribution in [0.1, 0.15) is 61.7 Å². The summed E-state index contributed by atoms with van der Waals surface area (Å²) in [4.78, 5) is 38.2. The van der Waals surface area contributed by atoms with Gasteiger partial charge in [-0.2, -0.15) is 0 Å². The highest BCUT2D eigenvalue weighted by atomic mass is 16.4. The summed E-state index contributed by atoms with van der Waals surface area (Å²) in [5.74, 6) is -0.524. The highest BCUT2D eigenvalue weighted by molar-refractivity contribution is 5.97. The van der Waals surface area contributed by atoms with Crippen LogP contribution in [0.4, 0.5) is 0 Å². The molecule has 1 unspecified atom stereocenters. The smallest absolute Gasteiger partial charge is 0.326 e. The third-order valence-electron chi connectivity index (χ3n) is 5.55. The van der Waals surface area contributed by atoms with E-state index in [4.69, 9.17) is 5.11 Å². The molecule has 0 radical (unpaired) electrons. The number of benzene rings is 1. The van der Waals surface area contributed by atoms with E-state index in [9.17, 15) is 14.4 Å². The molecule has 1 saturated carbocycles. The number of hydrogen-bond acceptors (Lipinski definition) is 3. The molecule has 1 fully saturated rings. The van der Waals surface area contributed by atoms with Crippen LogP contribution in [-0.4, -0.2) is 32.6 Å². The number of aryl methyl sites for hydroxylation is 1. The molecule has 0 saturated heterocycles. The standard InChI is InChI=1S/C20H27N3O4/c1-23-17-12-14(7-9-16(17)22-20(23)27)19(26)21-15(8-10-18(24)25)11-13-5-3-2-4-6-13/h7,9,12-13,15H,2-6,8,10-11H2,1H3,(H,21,26)(H,22,27)(H,24,25). The maximum Gasteiger partial charge on any atom is 0.326 e. The average molecular weight is 373 g/mol. The summed E-state index contributed by atoms with van der Waals surface area (Å²) < 4.78 is 1.47. The van der Waals surface area contributed by atoms with E-state index in [1.807, 2.05) is 0 Å². The first kappa shape index (κ1) is 19.2. The molecule has 0 spiro atoms. The molecule has 0 aliphatic heterocycles. The predicted molar refractivity (Wildman–Crippen MR) is 103 cm³/mol. The number of hydrogen-bond donors (Lipinski definition) is 3. The fourth-order valence-electron chi connectivity index (χ4n) is 4.01. The lowest BCUT2D eigenvalue weighted by Gasteiger charge is -2.27. The zero-order valence-electron chi connectivity index (χ0n) is 15.7. The Labute approximate surface area is 157 Å². The van der Waals surface area contributed by atoms with E-state index in [-0.39, 0.29) is 24.1 Å². The topological polar surface area (TPSA) is 104 Å². The second kappa shape index (κ2) is 8.41. The van der Waals surface area contributed by atoms with Crippen LogP contribution in [-0.2, 0) is 11.8 Å². The quantitative estimate of drug-likeness (QED) is 0.694. The molecule has 7 heteroatoms. The van der Waals surface area contributed by atoms with Crippen molar-refractivity contribution in [2.24, 2.45) is 13.0 Å². The van der Waals surface area contributed by atoms with E-state index < -0.39 is 5.97 Å². The molecule has 0 bridgehead atoms. The molecule has 27 heavy (non-hydrogen) atoms. The summed E-state index contributed by atoms with van der Waals surface area (Å²) in [6.07, 6.45) is 7.28. The number of carboxylic acids is 1. The van der Waals surface area contributed by atoms with Gasteiger partial charge in [-0.05, 0) is 37.0 Å². The van der Waals surface area contributed by atoms with Crippen LogP contribution in [0, 0.1) is 5.92 Å². The molecule has 3 N–H and O–H groups in total. The molecule has 2 aromatic rings. The molecule has 1 aliphatic rings. The molecule has 1 aliphatic carbocycles. The fourth-order valence-corrected chi connectivity index (χ4v) is 4.01. The van der Waals surface area contributed by atoms with Crippen LogP contribution in [0.25, 0.3) is 11.0 Å². The van der Waals surface area contributed by atoms with Crippen molar-refractivity contribution in [3.8, 4) is 0 Å². The van der Waals surface area contributed by atoms with Crippen molar-refractivity contribution in [3.05, 3.63) is 34.2 Å². The minimum atomic E-state index is -0.846. The van der Waals surface area contributed by atoms with Gasteiger partial charge in [-0.3, -0.25) is 14.2 Å². The minimum Gasteiger partial charge on any atom is -0.481 e. The summed E-state index contributed by atoms with van der Waals surface area (Å²) in [5.41, 5.74) is 1.60. The Bertz CT molecular complexity index is 877. The number of amides is 1. The molecular weight excluding hydrogens is 346 g/mol. The first-order valence-corrected chi connectivity index (χ1v) is 9.65. The average Bonchev–Trinajstić information content (AvgIpc) is 2.94. The lowest BCUT2D eigenvalue weighted by molar-refractivity contribution is -0.137. The second-order valence-corrected chi connectivity index (χ2v) is 7.56. The third-order valence-corrected chi connectivity index (χ3v) is 5.55. The van der Waals surface area contributed by atoms with Crippen molar-refractivity contribution in [3.63, 3.8) is 0 Å². The van der Waals surface area contributed by atoms with Crippen molar-refractivity contribution < 1.29 is 14.7 Å². The van der Waals surface area contributed by atoms with E-state index >= 15 is 0 Å². The van der Waals surface area contributed by atoms with Gasteiger partial charge in [-0.1, -0.05) is 32.1 Å². The van der Waals surface area contributed by atoms with Crippen molar-refractivity contribution in [1.29, 1.82) is 0 Å². The van der Waals surface area contributed by atoms with Gasteiger partial charge in [0.25, 0.3) is 5.91 Å². The lowest BCUT2D eigenvalue weighted by atomic mass is 9.84. The van der Waals surface area contributed by atoms with E-state index in [0.717, 1.165) is 19.3 Å². The number of carbonyl (C=O) groups excluding carboxylic acids is 1. The Hall–Kier alpha value is -2.57. The molecule has 1 atom stereocenters. The lowest BCUT2D eigenvalue weighted by Crippen LogP contribution is -2.37. The Kier molecular flexibility index (Phi) is 5.98. The number of aromatic nitrogens is 2. The van der Waals surface area contributed by atoms with Gasteiger partial charge in [0.05, 0.1) is 11.0 Å². The van der Waals surface area contributed by atoms with Crippen LogP contribution in [0.5, 0.6) is 0 Å². The zero-order valence-corrected chi connectivity index (χ0v) is 15.7. The summed E-state index contributed by atoms with van der Waals surface area (Å²) in [6, 6.07) is 4.95. The monoisotopic (exact) mass is 373 g/mol. The van der Waals surface area contributed by atoms with E-state index in [0.29, 0.717) is 28.9 Å². The van der Waals surface area contributed by atoms with Crippen LogP contribution < -0.4 is 11.0 Å². The number of aromatic amines is 1. The maximum absolute atomic E-state index is 12.7. The van der Waals surface area contributed by atoms with Gasteiger partial charge in [-0.25, -0.2) is 4.79 Å². The molecule has 1 aromatic carbocycles. The van der Waals surface area contributed by atoms with Gasteiger partial charge >= 0.3 is 11.7 Å². The zero-order chi connectivity index (χ0) is 19.4. The molecule has 1 amide bonds. The number of carbonyl (C=O) groups is 2. The number of rotatable bonds is 7. The Morgan fingerprint density at radius 1 is 1.30 bits per heavy atom. The molecule has 146 valence electrons. The Balaban J connectivity index is 1.72. The Morgan fingerprint density at radius 3 is 2.74 bits per heavy atom.